The van der Waals surface area contributed by atoms with Crippen LogP contribution in [0, 0.1) is 0 Å². The van der Waals surface area contributed by atoms with Crippen molar-refractivity contribution in [2.45, 2.75) is 58.7 Å². The van der Waals surface area contributed by atoms with Gasteiger partial charge < -0.3 is 10.4 Å². The first-order valence-electron chi connectivity index (χ1n) is 4.52. The third-order valence-corrected chi connectivity index (χ3v) is 1.99. The SMILES string of the molecule is CCCC(C)NC(C)C(C)O. The lowest BCUT2D eigenvalue weighted by atomic mass is 10.1. The smallest absolute Gasteiger partial charge is 0.0662 e. The Kier molecular flexibility index (Phi) is 5.51. The van der Waals surface area contributed by atoms with E-state index in [2.05, 4.69) is 19.2 Å². The molecule has 0 aromatic carbocycles. The predicted molar refractivity (Wildman–Crippen MR) is 48.6 cm³/mol. The van der Waals surface area contributed by atoms with Crippen LogP contribution in [0.1, 0.15) is 40.5 Å². The second-order valence-electron chi connectivity index (χ2n) is 3.39. The maximum Gasteiger partial charge on any atom is 0.0662 e. The van der Waals surface area contributed by atoms with E-state index in [1.165, 1.54) is 12.8 Å². The molecule has 0 spiro atoms. The van der Waals surface area contributed by atoms with Gasteiger partial charge in [0.15, 0.2) is 0 Å². The summed E-state index contributed by atoms with van der Waals surface area (Å²) in [5.74, 6) is 0. The first-order valence-corrected chi connectivity index (χ1v) is 4.52. The van der Waals surface area contributed by atoms with Crippen molar-refractivity contribution < 1.29 is 5.11 Å². The molecule has 0 aromatic heterocycles. The van der Waals surface area contributed by atoms with Crippen molar-refractivity contribution in [3.05, 3.63) is 0 Å². The van der Waals surface area contributed by atoms with Gasteiger partial charge in [-0.25, -0.2) is 0 Å². The minimum atomic E-state index is -0.255. The average Bonchev–Trinajstić information content (AvgIpc) is 1.87. The van der Waals surface area contributed by atoms with Crippen LogP contribution in [-0.2, 0) is 0 Å². The van der Waals surface area contributed by atoms with Gasteiger partial charge in [0, 0.05) is 12.1 Å². The number of aliphatic hydroxyl groups is 1. The van der Waals surface area contributed by atoms with Gasteiger partial charge in [-0.1, -0.05) is 13.3 Å². The predicted octanol–water partition coefficient (Wildman–Crippen LogP) is 1.53. The maximum absolute atomic E-state index is 9.18. The lowest BCUT2D eigenvalue weighted by Crippen LogP contribution is -2.40. The quantitative estimate of drug-likeness (QED) is 0.637. The van der Waals surface area contributed by atoms with E-state index >= 15 is 0 Å². The summed E-state index contributed by atoms with van der Waals surface area (Å²) in [4.78, 5) is 0. The van der Waals surface area contributed by atoms with Crippen molar-refractivity contribution >= 4 is 0 Å². The maximum atomic E-state index is 9.18. The molecule has 0 heterocycles. The molecule has 3 atom stereocenters. The zero-order valence-electron chi connectivity index (χ0n) is 8.09. The van der Waals surface area contributed by atoms with Crippen molar-refractivity contribution in [2.24, 2.45) is 0 Å². The molecule has 68 valence electrons. The van der Waals surface area contributed by atoms with Crippen molar-refractivity contribution in [1.82, 2.24) is 5.32 Å². The number of rotatable bonds is 5. The number of hydrogen-bond acceptors (Lipinski definition) is 2. The summed E-state index contributed by atoms with van der Waals surface area (Å²) in [6.07, 6.45) is 2.12. The van der Waals surface area contributed by atoms with Crippen LogP contribution in [0.2, 0.25) is 0 Å². The van der Waals surface area contributed by atoms with Crippen molar-refractivity contribution in [3.8, 4) is 0 Å². The number of nitrogens with one attached hydrogen (secondary N) is 1. The standard InChI is InChI=1S/C9H21NO/c1-5-6-7(2)10-8(3)9(4)11/h7-11H,5-6H2,1-4H3. The van der Waals surface area contributed by atoms with Gasteiger partial charge in [-0.15, -0.1) is 0 Å². The van der Waals surface area contributed by atoms with E-state index in [0.29, 0.717) is 6.04 Å². The lowest BCUT2D eigenvalue weighted by Gasteiger charge is -2.21. The van der Waals surface area contributed by atoms with Crippen molar-refractivity contribution in [3.63, 3.8) is 0 Å². The molecular formula is C9H21NO. The van der Waals surface area contributed by atoms with E-state index in [1.54, 1.807) is 0 Å². The highest BCUT2D eigenvalue weighted by molar-refractivity contribution is 4.70. The molecule has 0 saturated heterocycles. The Morgan fingerprint density at radius 1 is 1.27 bits per heavy atom. The summed E-state index contributed by atoms with van der Waals surface area (Å²) >= 11 is 0. The normalized spacial score (nSPS) is 19.4. The minimum Gasteiger partial charge on any atom is -0.392 e. The van der Waals surface area contributed by atoms with E-state index in [1.807, 2.05) is 13.8 Å². The molecule has 0 rings (SSSR count). The zero-order valence-corrected chi connectivity index (χ0v) is 8.09. The fourth-order valence-electron chi connectivity index (χ4n) is 1.10. The topological polar surface area (TPSA) is 32.3 Å². The third-order valence-electron chi connectivity index (χ3n) is 1.99. The number of hydrogen-bond donors (Lipinski definition) is 2. The molecule has 0 aliphatic carbocycles. The van der Waals surface area contributed by atoms with Gasteiger partial charge in [-0.2, -0.15) is 0 Å². The molecule has 2 nitrogen and oxygen atoms in total. The third kappa shape index (κ3) is 5.22. The Labute approximate surface area is 70.0 Å². The van der Waals surface area contributed by atoms with Crippen molar-refractivity contribution in [1.29, 1.82) is 0 Å². The molecule has 0 amide bonds. The van der Waals surface area contributed by atoms with Crippen LogP contribution in [0.5, 0.6) is 0 Å². The zero-order chi connectivity index (χ0) is 8.85. The van der Waals surface area contributed by atoms with Gasteiger partial charge in [-0.05, 0) is 27.2 Å². The Morgan fingerprint density at radius 3 is 2.18 bits per heavy atom. The second-order valence-corrected chi connectivity index (χ2v) is 3.39. The first kappa shape index (κ1) is 10.9. The van der Waals surface area contributed by atoms with Crippen molar-refractivity contribution in [2.75, 3.05) is 0 Å². The van der Waals surface area contributed by atoms with E-state index in [4.69, 9.17) is 0 Å². The average molecular weight is 159 g/mol. The Bertz CT molecular complexity index is 93.6. The monoisotopic (exact) mass is 159 g/mol. The van der Waals surface area contributed by atoms with E-state index in [0.717, 1.165) is 0 Å². The first-order chi connectivity index (χ1) is 5.07. The largest absolute Gasteiger partial charge is 0.392 e. The van der Waals surface area contributed by atoms with Crippen LogP contribution in [0.15, 0.2) is 0 Å². The fourth-order valence-corrected chi connectivity index (χ4v) is 1.10. The second kappa shape index (κ2) is 5.56. The Morgan fingerprint density at radius 2 is 1.82 bits per heavy atom. The van der Waals surface area contributed by atoms with Crippen LogP contribution in [0.3, 0.4) is 0 Å². The highest BCUT2D eigenvalue weighted by atomic mass is 16.3. The summed E-state index contributed by atoms with van der Waals surface area (Å²) in [6.45, 7) is 8.15. The van der Waals surface area contributed by atoms with Gasteiger partial charge in [0.05, 0.1) is 6.10 Å². The molecule has 0 fully saturated rings. The number of aliphatic hydroxyl groups excluding tert-OH is 1. The molecule has 0 radical (unpaired) electrons. The molecule has 3 unspecified atom stereocenters. The van der Waals surface area contributed by atoms with E-state index in [-0.39, 0.29) is 12.1 Å². The molecule has 2 heteroatoms. The molecule has 0 aliphatic rings. The summed E-state index contributed by atoms with van der Waals surface area (Å²) in [5, 5.41) is 12.5. The van der Waals surface area contributed by atoms with E-state index in [9.17, 15) is 5.11 Å². The van der Waals surface area contributed by atoms with Crippen LogP contribution in [0.4, 0.5) is 0 Å². The Hall–Kier alpha value is -0.0800. The van der Waals surface area contributed by atoms with Gasteiger partial charge in [-0.3, -0.25) is 0 Å². The van der Waals surface area contributed by atoms with Crippen LogP contribution >= 0.6 is 0 Å². The molecule has 0 saturated carbocycles. The van der Waals surface area contributed by atoms with Crippen LogP contribution in [-0.4, -0.2) is 23.3 Å². The summed E-state index contributed by atoms with van der Waals surface area (Å²) in [6, 6.07) is 0.723. The molecule has 11 heavy (non-hydrogen) atoms. The van der Waals surface area contributed by atoms with Gasteiger partial charge in [0.25, 0.3) is 0 Å². The molecule has 0 aromatic rings. The van der Waals surface area contributed by atoms with Crippen LogP contribution in [0.25, 0.3) is 0 Å². The molecule has 0 bridgehead atoms. The minimum absolute atomic E-state index is 0.205. The van der Waals surface area contributed by atoms with Gasteiger partial charge in [0.1, 0.15) is 0 Å². The van der Waals surface area contributed by atoms with E-state index < -0.39 is 0 Å². The molecule has 2 N–H and O–H groups in total. The van der Waals surface area contributed by atoms with Crippen LogP contribution < -0.4 is 5.32 Å². The fraction of sp³-hybridized carbons (Fsp3) is 1.00. The summed E-state index contributed by atoms with van der Waals surface area (Å²) in [7, 11) is 0. The molecule has 0 aliphatic heterocycles. The summed E-state index contributed by atoms with van der Waals surface area (Å²) in [5.41, 5.74) is 0. The van der Waals surface area contributed by atoms with Gasteiger partial charge >= 0.3 is 0 Å². The Balaban J connectivity index is 3.48. The molecular weight excluding hydrogens is 138 g/mol. The lowest BCUT2D eigenvalue weighted by molar-refractivity contribution is 0.146. The highest BCUT2D eigenvalue weighted by Gasteiger charge is 2.10. The van der Waals surface area contributed by atoms with Gasteiger partial charge in [0.2, 0.25) is 0 Å². The highest BCUT2D eigenvalue weighted by Crippen LogP contribution is 1.99. The summed E-state index contributed by atoms with van der Waals surface area (Å²) < 4.78 is 0.